The quantitative estimate of drug-likeness (QED) is 0.557. The third-order valence-corrected chi connectivity index (χ3v) is 6.19. The molecule has 6 heteroatoms. The average Bonchev–Trinajstić information content (AvgIpc) is 2.99. The highest BCUT2D eigenvalue weighted by molar-refractivity contribution is 9.09. The standard InChI is InChI=1S/C14H19BrN4S/c1-3-14(4-2,10-15)11-20-13-16-17-18-19(13)12-8-6-5-7-9-12/h5-9H,3-4,10-11H2,1-2H3. The van der Waals surface area contributed by atoms with Gasteiger partial charge in [0.25, 0.3) is 0 Å². The van der Waals surface area contributed by atoms with Crippen molar-refractivity contribution in [2.45, 2.75) is 31.8 Å². The van der Waals surface area contributed by atoms with Crippen molar-refractivity contribution in [2.24, 2.45) is 5.41 Å². The first kappa shape index (κ1) is 15.5. The molecule has 20 heavy (non-hydrogen) atoms. The number of hydrogen-bond acceptors (Lipinski definition) is 4. The van der Waals surface area contributed by atoms with E-state index in [2.05, 4.69) is 45.3 Å². The van der Waals surface area contributed by atoms with Crippen LogP contribution < -0.4 is 0 Å². The number of nitrogens with zero attached hydrogens (tertiary/aromatic N) is 4. The number of benzene rings is 1. The average molecular weight is 355 g/mol. The molecule has 0 aliphatic carbocycles. The van der Waals surface area contributed by atoms with E-state index in [1.165, 1.54) is 0 Å². The van der Waals surface area contributed by atoms with E-state index in [1.54, 1.807) is 16.4 Å². The van der Waals surface area contributed by atoms with E-state index < -0.39 is 0 Å². The van der Waals surface area contributed by atoms with Crippen LogP contribution in [0, 0.1) is 5.41 Å². The van der Waals surface area contributed by atoms with E-state index in [0.717, 1.165) is 34.8 Å². The van der Waals surface area contributed by atoms with Gasteiger partial charge in [-0.25, -0.2) is 0 Å². The van der Waals surface area contributed by atoms with E-state index in [1.807, 2.05) is 30.3 Å². The Kier molecular flexibility index (Phi) is 5.60. The second-order valence-corrected chi connectivity index (χ2v) is 6.34. The molecular formula is C14H19BrN4S. The topological polar surface area (TPSA) is 43.6 Å². The Labute approximate surface area is 132 Å². The van der Waals surface area contributed by atoms with Crippen LogP contribution in [0.3, 0.4) is 0 Å². The van der Waals surface area contributed by atoms with Gasteiger partial charge < -0.3 is 0 Å². The summed E-state index contributed by atoms with van der Waals surface area (Å²) in [5, 5.41) is 13.9. The maximum atomic E-state index is 4.15. The summed E-state index contributed by atoms with van der Waals surface area (Å²) in [5.41, 5.74) is 1.30. The lowest BCUT2D eigenvalue weighted by molar-refractivity contribution is 0.359. The van der Waals surface area contributed by atoms with Crippen molar-refractivity contribution < 1.29 is 0 Å². The van der Waals surface area contributed by atoms with E-state index in [-0.39, 0.29) is 0 Å². The van der Waals surface area contributed by atoms with E-state index in [4.69, 9.17) is 0 Å². The van der Waals surface area contributed by atoms with Crippen LogP contribution in [-0.2, 0) is 0 Å². The molecular weight excluding hydrogens is 336 g/mol. The number of aromatic nitrogens is 4. The molecule has 0 aliphatic heterocycles. The molecule has 0 unspecified atom stereocenters. The Hall–Kier alpha value is -0.880. The van der Waals surface area contributed by atoms with Crippen LogP contribution in [0.1, 0.15) is 26.7 Å². The molecule has 0 spiro atoms. The zero-order valence-corrected chi connectivity index (χ0v) is 14.2. The Morgan fingerprint density at radius 1 is 1.20 bits per heavy atom. The second kappa shape index (κ2) is 7.22. The predicted molar refractivity (Wildman–Crippen MR) is 86.7 cm³/mol. The van der Waals surface area contributed by atoms with E-state index in [9.17, 15) is 0 Å². The molecule has 0 aliphatic rings. The Morgan fingerprint density at radius 2 is 1.90 bits per heavy atom. The van der Waals surface area contributed by atoms with Crippen LogP contribution in [0.5, 0.6) is 0 Å². The molecule has 4 nitrogen and oxygen atoms in total. The molecule has 0 fully saturated rings. The number of tetrazole rings is 1. The summed E-state index contributed by atoms with van der Waals surface area (Å²) >= 11 is 5.38. The number of thioether (sulfide) groups is 1. The van der Waals surface area contributed by atoms with Gasteiger partial charge in [-0.2, -0.15) is 4.68 Å². The third kappa shape index (κ3) is 3.41. The molecule has 2 rings (SSSR count). The third-order valence-electron chi connectivity index (χ3n) is 3.73. The first-order chi connectivity index (χ1) is 9.74. The predicted octanol–water partition coefficient (Wildman–Crippen LogP) is 3.96. The molecule has 1 aromatic carbocycles. The molecule has 1 aromatic heterocycles. The van der Waals surface area contributed by atoms with Crippen LogP contribution in [0.15, 0.2) is 35.5 Å². The first-order valence-corrected chi connectivity index (χ1v) is 8.88. The number of halogens is 1. The van der Waals surface area contributed by atoms with Crippen molar-refractivity contribution >= 4 is 27.7 Å². The number of hydrogen-bond donors (Lipinski definition) is 0. The number of rotatable bonds is 7. The largest absolute Gasteiger partial charge is 0.214 e. The SMILES string of the molecule is CCC(CC)(CBr)CSc1nnnn1-c1ccccc1. The first-order valence-electron chi connectivity index (χ1n) is 6.77. The van der Waals surface area contributed by atoms with Crippen molar-refractivity contribution in [3.05, 3.63) is 30.3 Å². The van der Waals surface area contributed by atoms with Gasteiger partial charge in [-0.05, 0) is 40.8 Å². The van der Waals surface area contributed by atoms with E-state index >= 15 is 0 Å². The highest BCUT2D eigenvalue weighted by atomic mass is 79.9. The molecule has 1 heterocycles. The molecule has 0 atom stereocenters. The maximum absolute atomic E-state index is 4.15. The van der Waals surface area contributed by atoms with E-state index in [0.29, 0.717) is 5.41 Å². The highest BCUT2D eigenvalue weighted by Crippen LogP contribution is 2.35. The molecule has 0 amide bonds. The van der Waals surface area contributed by atoms with Crippen molar-refractivity contribution in [3.8, 4) is 5.69 Å². The molecule has 0 bridgehead atoms. The van der Waals surface area contributed by atoms with Crippen LogP contribution >= 0.6 is 27.7 Å². The van der Waals surface area contributed by atoms with Gasteiger partial charge in [0.15, 0.2) is 0 Å². The summed E-state index contributed by atoms with van der Waals surface area (Å²) < 4.78 is 1.80. The molecule has 0 saturated carbocycles. The maximum Gasteiger partial charge on any atom is 0.214 e. The van der Waals surface area contributed by atoms with Gasteiger partial charge in [0.05, 0.1) is 5.69 Å². The Balaban J connectivity index is 2.14. The summed E-state index contributed by atoms with van der Waals surface area (Å²) in [6.45, 7) is 4.48. The molecule has 0 radical (unpaired) electrons. The fraction of sp³-hybridized carbons (Fsp3) is 0.500. The smallest absolute Gasteiger partial charge is 0.188 e. The summed E-state index contributed by atoms with van der Waals surface area (Å²) in [7, 11) is 0. The minimum Gasteiger partial charge on any atom is -0.188 e. The summed E-state index contributed by atoms with van der Waals surface area (Å²) in [6.07, 6.45) is 2.29. The molecule has 0 saturated heterocycles. The van der Waals surface area contributed by atoms with Crippen LogP contribution in [0.4, 0.5) is 0 Å². The normalized spacial score (nSPS) is 11.8. The van der Waals surface area contributed by atoms with Gasteiger partial charge in [0.1, 0.15) is 0 Å². The Morgan fingerprint density at radius 3 is 2.50 bits per heavy atom. The van der Waals surface area contributed by atoms with Crippen LogP contribution in [0.25, 0.3) is 5.69 Å². The van der Waals surface area contributed by atoms with Crippen molar-refractivity contribution in [2.75, 3.05) is 11.1 Å². The zero-order valence-electron chi connectivity index (χ0n) is 11.8. The number of para-hydroxylation sites is 1. The summed E-state index contributed by atoms with van der Waals surface area (Å²) in [4.78, 5) is 0. The second-order valence-electron chi connectivity index (χ2n) is 4.84. The summed E-state index contributed by atoms with van der Waals surface area (Å²) in [6, 6.07) is 10.00. The summed E-state index contributed by atoms with van der Waals surface area (Å²) in [5.74, 6) is 1.01. The zero-order chi connectivity index (χ0) is 14.4. The van der Waals surface area contributed by atoms with Crippen LogP contribution in [0.2, 0.25) is 0 Å². The lowest BCUT2D eigenvalue weighted by atomic mass is 9.87. The number of alkyl halides is 1. The molecule has 108 valence electrons. The van der Waals surface area contributed by atoms with Crippen molar-refractivity contribution in [1.82, 2.24) is 20.2 Å². The monoisotopic (exact) mass is 354 g/mol. The van der Waals surface area contributed by atoms with Gasteiger partial charge >= 0.3 is 0 Å². The Bertz CT molecular complexity index is 517. The van der Waals surface area contributed by atoms with Crippen molar-refractivity contribution in [1.29, 1.82) is 0 Å². The van der Waals surface area contributed by atoms with Gasteiger partial charge in [0.2, 0.25) is 5.16 Å². The lowest BCUT2D eigenvalue weighted by Crippen LogP contribution is -2.24. The minimum absolute atomic E-state index is 0.304. The van der Waals surface area contributed by atoms with Gasteiger partial charge in [-0.3, -0.25) is 0 Å². The van der Waals surface area contributed by atoms with Gasteiger partial charge in [0, 0.05) is 11.1 Å². The highest BCUT2D eigenvalue weighted by Gasteiger charge is 2.26. The van der Waals surface area contributed by atoms with Crippen LogP contribution in [-0.4, -0.2) is 31.3 Å². The molecule has 0 N–H and O–H groups in total. The fourth-order valence-electron chi connectivity index (χ4n) is 1.90. The molecule has 2 aromatic rings. The lowest BCUT2D eigenvalue weighted by Gasteiger charge is -2.28. The van der Waals surface area contributed by atoms with Gasteiger partial charge in [-0.15, -0.1) is 5.10 Å². The van der Waals surface area contributed by atoms with Crippen molar-refractivity contribution in [3.63, 3.8) is 0 Å². The minimum atomic E-state index is 0.304. The van der Waals surface area contributed by atoms with Gasteiger partial charge in [-0.1, -0.05) is 59.7 Å². The fourth-order valence-corrected chi connectivity index (χ4v) is 4.46.